The Bertz CT molecular complexity index is 639. The number of pyridine rings is 1. The minimum absolute atomic E-state index is 0.186. The van der Waals surface area contributed by atoms with Gasteiger partial charge in [-0.25, -0.2) is 19.3 Å². The van der Waals surface area contributed by atoms with E-state index in [0.717, 1.165) is 13.0 Å². The third kappa shape index (κ3) is 3.24. The summed E-state index contributed by atoms with van der Waals surface area (Å²) in [6.07, 6.45) is 3.97. The van der Waals surface area contributed by atoms with Crippen LogP contribution in [-0.4, -0.2) is 40.7 Å². The number of hydrogen-bond acceptors (Lipinski definition) is 6. The number of nitrogens with zero attached hydrogens (tertiary/aromatic N) is 4. The summed E-state index contributed by atoms with van der Waals surface area (Å²) >= 11 is 0. The van der Waals surface area contributed by atoms with Gasteiger partial charge in [0.15, 0.2) is 11.6 Å². The third-order valence-corrected chi connectivity index (χ3v) is 3.51. The summed E-state index contributed by atoms with van der Waals surface area (Å²) in [5.41, 5.74) is 0. The maximum absolute atomic E-state index is 13.8. The zero-order valence-corrected chi connectivity index (χ0v) is 12.4. The van der Waals surface area contributed by atoms with Gasteiger partial charge in [0.2, 0.25) is 5.88 Å². The van der Waals surface area contributed by atoms with Crippen molar-refractivity contribution in [3.8, 4) is 5.88 Å². The van der Waals surface area contributed by atoms with Gasteiger partial charge in [0, 0.05) is 31.4 Å². The lowest BCUT2D eigenvalue weighted by Gasteiger charge is -2.18. The molecule has 0 aliphatic carbocycles. The van der Waals surface area contributed by atoms with Crippen LogP contribution in [-0.2, 0) is 0 Å². The van der Waals surface area contributed by atoms with E-state index >= 15 is 0 Å². The first-order chi connectivity index (χ1) is 10.8. The second-order valence-corrected chi connectivity index (χ2v) is 5.06. The summed E-state index contributed by atoms with van der Waals surface area (Å²) in [5, 5.41) is 3.34. The molecule has 1 saturated heterocycles. The van der Waals surface area contributed by atoms with Crippen molar-refractivity contribution in [3.63, 3.8) is 0 Å². The van der Waals surface area contributed by atoms with Crippen LogP contribution in [0.25, 0.3) is 0 Å². The number of nitrogens with one attached hydrogen (secondary N) is 1. The lowest BCUT2D eigenvalue weighted by Crippen LogP contribution is -2.27. The zero-order chi connectivity index (χ0) is 15.4. The number of ether oxygens (including phenoxy) is 1. The summed E-state index contributed by atoms with van der Waals surface area (Å²) in [7, 11) is 0. The summed E-state index contributed by atoms with van der Waals surface area (Å²) in [6.45, 7) is 3.91. The normalized spacial score (nSPS) is 17.5. The SMILES string of the molecule is CCOc1cc(N[C@@H]2CCN(c3ncccc3F)C2)ncn1. The Kier molecular flexibility index (Phi) is 4.32. The van der Waals surface area contributed by atoms with Crippen LogP contribution in [0.1, 0.15) is 13.3 Å². The van der Waals surface area contributed by atoms with Crippen LogP contribution in [0, 0.1) is 5.82 Å². The van der Waals surface area contributed by atoms with Crippen LogP contribution in [0.3, 0.4) is 0 Å². The highest BCUT2D eigenvalue weighted by Crippen LogP contribution is 2.23. The molecule has 7 heteroatoms. The van der Waals surface area contributed by atoms with E-state index in [0.29, 0.717) is 30.7 Å². The number of hydrogen-bond donors (Lipinski definition) is 1. The molecular formula is C15H18FN5O. The Hall–Kier alpha value is -2.44. The molecule has 3 heterocycles. The molecule has 22 heavy (non-hydrogen) atoms. The minimum Gasteiger partial charge on any atom is -0.478 e. The van der Waals surface area contributed by atoms with E-state index in [1.54, 1.807) is 18.3 Å². The molecule has 0 radical (unpaired) electrons. The van der Waals surface area contributed by atoms with E-state index in [-0.39, 0.29) is 11.9 Å². The Balaban J connectivity index is 1.64. The van der Waals surface area contributed by atoms with Crippen LogP contribution in [0.5, 0.6) is 5.88 Å². The smallest absolute Gasteiger partial charge is 0.218 e. The lowest BCUT2D eigenvalue weighted by atomic mass is 10.2. The Morgan fingerprint density at radius 3 is 3.14 bits per heavy atom. The summed E-state index contributed by atoms with van der Waals surface area (Å²) in [5.74, 6) is 1.38. The van der Waals surface area contributed by atoms with Gasteiger partial charge in [0.1, 0.15) is 12.1 Å². The van der Waals surface area contributed by atoms with Crippen molar-refractivity contribution in [2.24, 2.45) is 0 Å². The molecule has 1 atom stereocenters. The summed E-state index contributed by atoms with van der Waals surface area (Å²) in [4.78, 5) is 14.3. The maximum Gasteiger partial charge on any atom is 0.218 e. The summed E-state index contributed by atoms with van der Waals surface area (Å²) in [6, 6.07) is 4.99. The van der Waals surface area contributed by atoms with Crippen molar-refractivity contribution >= 4 is 11.6 Å². The van der Waals surface area contributed by atoms with E-state index in [1.165, 1.54) is 12.4 Å². The molecule has 0 bridgehead atoms. The minimum atomic E-state index is -0.288. The van der Waals surface area contributed by atoms with E-state index in [4.69, 9.17) is 4.74 Å². The fourth-order valence-corrected chi connectivity index (χ4v) is 2.53. The molecule has 116 valence electrons. The highest BCUT2D eigenvalue weighted by atomic mass is 19.1. The van der Waals surface area contributed by atoms with Crippen LogP contribution >= 0.6 is 0 Å². The first-order valence-electron chi connectivity index (χ1n) is 7.33. The Morgan fingerprint density at radius 1 is 1.41 bits per heavy atom. The average Bonchev–Trinajstić information content (AvgIpc) is 2.97. The number of aromatic nitrogens is 3. The molecule has 0 spiro atoms. The standard InChI is InChI=1S/C15H18FN5O/c1-2-22-14-8-13(18-10-19-14)20-11-5-7-21(9-11)15-12(16)4-3-6-17-15/h3-4,6,8,10-11H,2,5,7,9H2,1H3,(H,18,19,20)/t11-/m1/s1. The maximum atomic E-state index is 13.8. The number of rotatable bonds is 5. The van der Waals surface area contributed by atoms with Gasteiger partial charge < -0.3 is 15.0 Å². The number of halogens is 1. The largest absolute Gasteiger partial charge is 0.478 e. The Labute approximate surface area is 128 Å². The van der Waals surface area contributed by atoms with Gasteiger partial charge in [-0.3, -0.25) is 0 Å². The highest BCUT2D eigenvalue weighted by Gasteiger charge is 2.25. The molecule has 1 fully saturated rings. The first-order valence-corrected chi connectivity index (χ1v) is 7.33. The van der Waals surface area contributed by atoms with Gasteiger partial charge in [-0.15, -0.1) is 0 Å². The van der Waals surface area contributed by atoms with Crippen LogP contribution in [0.2, 0.25) is 0 Å². The molecule has 1 aliphatic heterocycles. The second-order valence-electron chi connectivity index (χ2n) is 5.06. The highest BCUT2D eigenvalue weighted by molar-refractivity contribution is 5.44. The molecular weight excluding hydrogens is 285 g/mol. The van der Waals surface area contributed by atoms with E-state index in [1.807, 2.05) is 11.8 Å². The van der Waals surface area contributed by atoms with Crippen molar-refractivity contribution in [2.75, 3.05) is 29.9 Å². The van der Waals surface area contributed by atoms with Gasteiger partial charge in [0.25, 0.3) is 0 Å². The van der Waals surface area contributed by atoms with E-state index in [9.17, 15) is 4.39 Å². The molecule has 2 aromatic heterocycles. The fraction of sp³-hybridized carbons (Fsp3) is 0.400. The lowest BCUT2D eigenvalue weighted by molar-refractivity contribution is 0.326. The predicted octanol–water partition coefficient (Wildman–Crippen LogP) is 2.10. The topological polar surface area (TPSA) is 63.2 Å². The molecule has 0 saturated carbocycles. The molecule has 6 nitrogen and oxygen atoms in total. The monoisotopic (exact) mass is 303 g/mol. The third-order valence-electron chi connectivity index (χ3n) is 3.51. The van der Waals surface area contributed by atoms with Gasteiger partial charge >= 0.3 is 0 Å². The fourth-order valence-electron chi connectivity index (χ4n) is 2.53. The van der Waals surface area contributed by atoms with Crippen LogP contribution < -0.4 is 15.0 Å². The van der Waals surface area contributed by atoms with Crippen molar-refractivity contribution < 1.29 is 9.13 Å². The predicted molar refractivity (Wildman–Crippen MR) is 81.6 cm³/mol. The van der Waals surface area contributed by atoms with E-state index in [2.05, 4.69) is 20.3 Å². The van der Waals surface area contributed by atoms with Gasteiger partial charge in [-0.2, -0.15) is 0 Å². The van der Waals surface area contributed by atoms with Crippen LogP contribution in [0.4, 0.5) is 16.0 Å². The molecule has 3 rings (SSSR count). The second kappa shape index (κ2) is 6.55. The van der Waals surface area contributed by atoms with Crippen molar-refractivity contribution in [1.29, 1.82) is 0 Å². The van der Waals surface area contributed by atoms with Crippen molar-refractivity contribution in [3.05, 3.63) is 36.5 Å². The average molecular weight is 303 g/mol. The van der Waals surface area contributed by atoms with Gasteiger partial charge in [0.05, 0.1) is 6.61 Å². The Morgan fingerprint density at radius 2 is 2.32 bits per heavy atom. The van der Waals surface area contributed by atoms with Crippen molar-refractivity contribution in [1.82, 2.24) is 15.0 Å². The molecule has 1 N–H and O–H groups in total. The zero-order valence-electron chi connectivity index (χ0n) is 12.4. The van der Waals surface area contributed by atoms with Gasteiger partial charge in [-0.05, 0) is 25.5 Å². The van der Waals surface area contributed by atoms with E-state index < -0.39 is 0 Å². The molecule has 2 aromatic rings. The van der Waals surface area contributed by atoms with Crippen molar-refractivity contribution in [2.45, 2.75) is 19.4 Å². The first kappa shape index (κ1) is 14.5. The van der Waals surface area contributed by atoms with Gasteiger partial charge in [-0.1, -0.05) is 0 Å². The van der Waals surface area contributed by atoms with Crippen LogP contribution in [0.15, 0.2) is 30.7 Å². The molecule has 0 aromatic carbocycles. The summed E-state index contributed by atoms with van der Waals surface area (Å²) < 4.78 is 19.1. The number of anilines is 2. The molecule has 0 unspecified atom stereocenters. The molecule has 0 amide bonds. The molecule has 1 aliphatic rings. The quantitative estimate of drug-likeness (QED) is 0.912.